The number of nitrogens with one attached hydrogen (secondary N) is 2. The van der Waals surface area contributed by atoms with Crippen molar-refractivity contribution >= 4 is 11.4 Å². The van der Waals surface area contributed by atoms with Gasteiger partial charge in [0.1, 0.15) is 24.7 Å². The average molecular weight is 1150 g/mol. The van der Waals surface area contributed by atoms with Gasteiger partial charge in [0, 0.05) is 53.1 Å². The van der Waals surface area contributed by atoms with Crippen LogP contribution < -0.4 is 29.9 Å². The number of benzene rings is 4. The summed E-state index contributed by atoms with van der Waals surface area (Å²) in [7, 11) is 8.28. The Morgan fingerprint density at radius 2 is 0.783 bits per heavy atom. The molecule has 0 aromatic heterocycles. The van der Waals surface area contributed by atoms with Crippen molar-refractivity contribution in [2.75, 3.05) is 130 Å². The predicted octanol–water partition coefficient (Wildman–Crippen LogP) is 13.3. The molecule has 2 aliphatic rings. The maximum atomic E-state index is 12.5. The second-order valence-corrected chi connectivity index (χ2v) is 24.3. The summed E-state index contributed by atoms with van der Waals surface area (Å²) >= 11 is 0. The molecule has 12 nitrogen and oxygen atoms in total. The normalized spacial score (nSPS) is 18.2. The Hall–Kier alpha value is -4.24. The van der Waals surface area contributed by atoms with Crippen molar-refractivity contribution < 1.29 is 38.6 Å². The van der Waals surface area contributed by atoms with E-state index in [1.807, 2.05) is 0 Å². The molecule has 4 atom stereocenters. The fourth-order valence-electron chi connectivity index (χ4n) is 13.1. The van der Waals surface area contributed by atoms with E-state index in [9.17, 15) is 10.2 Å². The fraction of sp³-hybridized carbons (Fsp3) is 0.662. The van der Waals surface area contributed by atoms with Gasteiger partial charge in [0.15, 0.2) is 0 Å². The quantitative estimate of drug-likeness (QED) is 0.0249. The maximum absolute atomic E-state index is 12.5. The summed E-state index contributed by atoms with van der Waals surface area (Å²) in [5.41, 5.74) is 9.22. The van der Waals surface area contributed by atoms with E-state index in [1.54, 1.807) is 0 Å². The Labute approximate surface area is 503 Å². The summed E-state index contributed by atoms with van der Waals surface area (Å²) in [6.07, 6.45) is 19.7. The molecule has 0 saturated carbocycles. The third-order valence-electron chi connectivity index (χ3n) is 17.9. The molecule has 0 bridgehead atoms. The van der Waals surface area contributed by atoms with Crippen LogP contribution in [0.1, 0.15) is 182 Å². The van der Waals surface area contributed by atoms with E-state index in [-0.39, 0.29) is 22.7 Å². The van der Waals surface area contributed by atoms with E-state index in [4.69, 9.17) is 28.4 Å². The van der Waals surface area contributed by atoms with Crippen LogP contribution in [0.3, 0.4) is 0 Å². The number of nitrogens with zero attached hydrogens (tertiary/aromatic N) is 2. The first-order valence-electron chi connectivity index (χ1n) is 32.6. The highest BCUT2D eigenvalue weighted by molar-refractivity contribution is 5.64. The van der Waals surface area contributed by atoms with E-state index in [0.29, 0.717) is 66.1 Å². The summed E-state index contributed by atoms with van der Waals surface area (Å²) in [4.78, 5) is 4.26. The Morgan fingerprint density at radius 1 is 0.434 bits per heavy atom. The van der Waals surface area contributed by atoms with Gasteiger partial charge in [-0.2, -0.15) is 0 Å². The molecule has 12 heteroatoms. The molecule has 6 rings (SSSR count). The van der Waals surface area contributed by atoms with Crippen LogP contribution in [-0.4, -0.2) is 143 Å². The van der Waals surface area contributed by atoms with Crippen molar-refractivity contribution in [2.24, 2.45) is 10.8 Å². The highest BCUT2D eigenvalue weighted by Crippen LogP contribution is 2.53. The zero-order chi connectivity index (χ0) is 59.1. The Kier molecular flexibility index (Phi) is 30.5. The smallest absolute Gasteiger partial charge is 0.142 e. The van der Waals surface area contributed by atoms with Crippen molar-refractivity contribution in [1.29, 1.82) is 0 Å². The van der Waals surface area contributed by atoms with Gasteiger partial charge in [-0.15, -0.1) is 0 Å². The minimum atomic E-state index is -0.455. The third-order valence-corrected chi connectivity index (χ3v) is 17.9. The number of aryl methyl sites for hydroxylation is 2. The van der Waals surface area contributed by atoms with E-state index < -0.39 is 12.2 Å². The molecule has 0 unspecified atom stereocenters. The zero-order valence-electron chi connectivity index (χ0n) is 53.0. The fourth-order valence-corrected chi connectivity index (χ4v) is 13.1. The summed E-state index contributed by atoms with van der Waals surface area (Å²) in [6.45, 7) is 18.1. The summed E-state index contributed by atoms with van der Waals surface area (Å²) in [5, 5.41) is 32.0. The van der Waals surface area contributed by atoms with E-state index in [0.717, 1.165) is 165 Å². The standard InChI is InChI=1S/C71H112N4O8/c1-9-13-32-70(33-14-10-2)36-30-58-52-64(62(74(5)6)54-60(58)66(68(70)76)56-26-20-17-21-27-56)82-50-48-80-46-44-78-42-40-72-38-24-19-25-39-73-41-43-79-45-47-81-49-51-83-65-53-59-31-37-71(34-15-11-3,35-16-12-4)69(77)67(57-28-22-18-23-29-57)61(59)55-63(65)75(7)8/h17-18,20-23,26-29,52-55,66-69,72-73,76-77H,9-16,19,24-25,30-51H2,1-8H3/t66-,67-,68-,69-/m0/s1. The number of rotatable bonds is 42. The van der Waals surface area contributed by atoms with Gasteiger partial charge in [0.2, 0.25) is 0 Å². The van der Waals surface area contributed by atoms with Crippen LogP contribution in [0.4, 0.5) is 11.4 Å². The molecule has 0 radical (unpaired) electrons. The van der Waals surface area contributed by atoms with E-state index >= 15 is 0 Å². The molecule has 0 amide bonds. The number of hydrogen-bond donors (Lipinski definition) is 4. The van der Waals surface area contributed by atoms with Gasteiger partial charge < -0.3 is 59.1 Å². The monoisotopic (exact) mass is 1150 g/mol. The largest absolute Gasteiger partial charge is 0.489 e. The van der Waals surface area contributed by atoms with E-state index in [2.05, 4.69) is 161 Å². The van der Waals surface area contributed by atoms with Crippen LogP contribution in [0, 0.1) is 10.8 Å². The topological polar surface area (TPSA) is 126 Å². The number of hydrogen-bond acceptors (Lipinski definition) is 12. The lowest BCUT2D eigenvalue weighted by molar-refractivity contribution is -0.00643. The van der Waals surface area contributed by atoms with Gasteiger partial charge in [-0.1, -0.05) is 146 Å². The highest BCUT2D eigenvalue weighted by atomic mass is 16.5. The number of aliphatic hydroxyl groups excluding tert-OH is 2. The van der Waals surface area contributed by atoms with Crippen LogP contribution in [0.25, 0.3) is 0 Å². The first-order valence-corrected chi connectivity index (χ1v) is 32.6. The van der Waals surface area contributed by atoms with Crippen molar-refractivity contribution in [2.45, 2.75) is 174 Å². The van der Waals surface area contributed by atoms with Crippen molar-refractivity contribution in [1.82, 2.24) is 10.6 Å². The molecule has 0 fully saturated rings. The van der Waals surface area contributed by atoms with Gasteiger partial charge in [-0.05, 0) is 146 Å². The van der Waals surface area contributed by atoms with Crippen LogP contribution in [0.15, 0.2) is 84.9 Å². The number of ether oxygens (including phenoxy) is 6. The molecule has 83 heavy (non-hydrogen) atoms. The molecule has 2 aliphatic carbocycles. The lowest BCUT2D eigenvalue weighted by Crippen LogP contribution is -2.39. The van der Waals surface area contributed by atoms with Crippen LogP contribution in [0.2, 0.25) is 0 Å². The minimum absolute atomic E-state index is 0.0889. The van der Waals surface area contributed by atoms with Gasteiger partial charge >= 0.3 is 0 Å². The summed E-state index contributed by atoms with van der Waals surface area (Å²) < 4.78 is 36.5. The number of anilines is 2. The van der Waals surface area contributed by atoms with Crippen LogP contribution in [0.5, 0.6) is 11.5 Å². The number of fused-ring (bicyclic) bond motifs is 2. The molecule has 0 heterocycles. The molecule has 4 aromatic rings. The Balaban J connectivity index is 0.787. The molecule has 4 N–H and O–H groups in total. The SMILES string of the molecule is CCCCC1(CCCC)CCc2cc(OCCOCCOCCNCCCCCNCCOCCOCCOc3cc4c(cc3N(C)C)[C@H](c3ccccc3)[C@H](O)C(CCCC)(CCCC)CC4)c(N(C)C)cc2[C@H](c2ccccc2)[C@@H]1O. The Morgan fingerprint density at radius 3 is 1.13 bits per heavy atom. The van der Waals surface area contributed by atoms with Crippen molar-refractivity contribution in [3.8, 4) is 11.5 Å². The maximum Gasteiger partial charge on any atom is 0.142 e. The molecule has 4 aromatic carbocycles. The van der Waals surface area contributed by atoms with Crippen molar-refractivity contribution in [3.63, 3.8) is 0 Å². The molecular formula is C71H112N4O8. The van der Waals surface area contributed by atoms with Gasteiger partial charge in [0.05, 0.1) is 76.4 Å². The second kappa shape index (κ2) is 37.3. The highest BCUT2D eigenvalue weighted by Gasteiger charge is 2.46. The number of aliphatic hydroxyl groups is 2. The second-order valence-electron chi connectivity index (χ2n) is 24.3. The molecular weight excluding hydrogens is 1040 g/mol. The molecule has 0 saturated heterocycles. The minimum Gasteiger partial charge on any atom is -0.489 e. The summed E-state index contributed by atoms with van der Waals surface area (Å²) in [6, 6.07) is 30.4. The summed E-state index contributed by atoms with van der Waals surface area (Å²) in [5.74, 6) is 1.57. The lowest BCUT2D eigenvalue weighted by atomic mass is 9.66. The first kappa shape index (κ1) is 67.9. The zero-order valence-corrected chi connectivity index (χ0v) is 53.0. The van der Waals surface area contributed by atoms with Gasteiger partial charge in [-0.25, -0.2) is 0 Å². The van der Waals surface area contributed by atoms with Gasteiger partial charge in [-0.3, -0.25) is 0 Å². The number of unbranched alkanes of at least 4 members (excludes halogenated alkanes) is 6. The Bertz CT molecular complexity index is 2190. The molecule has 0 aliphatic heterocycles. The van der Waals surface area contributed by atoms with Crippen molar-refractivity contribution in [3.05, 3.63) is 118 Å². The third kappa shape index (κ3) is 20.4. The molecule has 0 spiro atoms. The first-order chi connectivity index (χ1) is 40.5. The van der Waals surface area contributed by atoms with Crippen LogP contribution >= 0.6 is 0 Å². The molecule has 464 valence electrons. The van der Waals surface area contributed by atoms with E-state index in [1.165, 1.54) is 39.8 Å². The average Bonchev–Trinajstić information content (AvgIpc) is 2.74. The lowest BCUT2D eigenvalue weighted by Gasteiger charge is -2.41. The predicted molar refractivity (Wildman–Crippen MR) is 344 cm³/mol. The van der Waals surface area contributed by atoms with Crippen LogP contribution in [-0.2, 0) is 31.8 Å². The van der Waals surface area contributed by atoms with Gasteiger partial charge in [0.25, 0.3) is 0 Å².